The van der Waals surface area contributed by atoms with E-state index in [-0.39, 0.29) is 12.1 Å². The summed E-state index contributed by atoms with van der Waals surface area (Å²) in [5.74, 6) is 0.748. The van der Waals surface area contributed by atoms with Gasteiger partial charge in [0.1, 0.15) is 0 Å². The molecular formula is C11H19N3O. The third-order valence-electron chi connectivity index (χ3n) is 2.28. The third-order valence-corrected chi connectivity index (χ3v) is 2.28. The summed E-state index contributed by atoms with van der Waals surface area (Å²) in [6.45, 7) is 7.82. The molecule has 4 nitrogen and oxygen atoms in total. The van der Waals surface area contributed by atoms with Crippen LogP contribution in [0.5, 0.6) is 5.75 Å². The fourth-order valence-electron chi connectivity index (χ4n) is 1.57. The molecule has 1 heterocycles. The van der Waals surface area contributed by atoms with Gasteiger partial charge in [-0.25, -0.2) is 0 Å². The van der Waals surface area contributed by atoms with Crippen LogP contribution in [0.2, 0.25) is 0 Å². The van der Waals surface area contributed by atoms with Crippen molar-refractivity contribution in [1.82, 2.24) is 9.78 Å². The average Bonchev–Trinajstić information content (AvgIpc) is 2.61. The Hall–Kier alpha value is -1.29. The monoisotopic (exact) mass is 209 g/mol. The second-order valence-electron chi connectivity index (χ2n) is 3.77. The van der Waals surface area contributed by atoms with E-state index in [1.54, 1.807) is 13.3 Å². The van der Waals surface area contributed by atoms with Crippen molar-refractivity contribution in [3.63, 3.8) is 0 Å². The topological polar surface area (TPSA) is 53.1 Å². The number of aromatic nitrogens is 2. The van der Waals surface area contributed by atoms with Crippen LogP contribution in [0.25, 0.3) is 0 Å². The Labute approximate surface area is 90.7 Å². The van der Waals surface area contributed by atoms with Gasteiger partial charge in [-0.15, -0.1) is 6.58 Å². The van der Waals surface area contributed by atoms with Gasteiger partial charge in [0.25, 0.3) is 0 Å². The Bertz CT molecular complexity index is 331. The second kappa shape index (κ2) is 4.98. The van der Waals surface area contributed by atoms with Gasteiger partial charge in [-0.3, -0.25) is 4.68 Å². The number of hydrogen-bond donors (Lipinski definition) is 1. The first kappa shape index (κ1) is 11.8. The van der Waals surface area contributed by atoms with Crippen molar-refractivity contribution < 1.29 is 4.74 Å². The summed E-state index contributed by atoms with van der Waals surface area (Å²) in [7, 11) is 1.63. The lowest BCUT2D eigenvalue weighted by Crippen LogP contribution is -2.17. The van der Waals surface area contributed by atoms with Gasteiger partial charge in [-0.05, 0) is 20.3 Å². The average molecular weight is 209 g/mol. The van der Waals surface area contributed by atoms with Gasteiger partial charge in [0.2, 0.25) is 0 Å². The van der Waals surface area contributed by atoms with E-state index in [1.165, 1.54) is 0 Å². The molecule has 15 heavy (non-hydrogen) atoms. The molecule has 0 spiro atoms. The van der Waals surface area contributed by atoms with Crippen LogP contribution in [0.3, 0.4) is 0 Å². The molecule has 1 aromatic rings. The highest BCUT2D eigenvalue weighted by atomic mass is 16.5. The quantitative estimate of drug-likeness (QED) is 0.755. The van der Waals surface area contributed by atoms with E-state index in [1.807, 2.05) is 10.8 Å². The molecule has 2 N–H and O–H groups in total. The highest BCUT2D eigenvalue weighted by Crippen LogP contribution is 2.27. The molecule has 0 aliphatic heterocycles. The predicted octanol–water partition coefficient (Wildman–Crippen LogP) is 2.05. The van der Waals surface area contributed by atoms with Crippen molar-refractivity contribution >= 4 is 0 Å². The standard InChI is InChI=1S/C11H19N3O/c1-5-6-9(12)11-10(15-4)7-13-14(11)8(2)3/h5,7-9H,1,6,12H2,2-4H3. The number of methoxy groups -OCH3 is 1. The largest absolute Gasteiger partial charge is 0.493 e. The summed E-state index contributed by atoms with van der Waals surface area (Å²) in [5.41, 5.74) is 6.99. The summed E-state index contributed by atoms with van der Waals surface area (Å²) in [5, 5.41) is 4.27. The molecule has 1 aromatic heterocycles. The zero-order valence-electron chi connectivity index (χ0n) is 9.60. The van der Waals surface area contributed by atoms with Gasteiger partial charge in [0, 0.05) is 6.04 Å². The van der Waals surface area contributed by atoms with E-state index in [9.17, 15) is 0 Å². The first-order valence-electron chi connectivity index (χ1n) is 5.09. The SMILES string of the molecule is C=CCC(N)c1c(OC)cnn1C(C)C. The minimum atomic E-state index is -0.109. The normalized spacial score (nSPS) is 12.9. The molecule has 1 unspecified atom stereocenters. The van der Waals surface area contributed by atoms with Gasteiger partial charge in [-0.1, -0.05) is 6.08 Å². The van der Waals surface area contributed by atoms with Crippen LogP contribution in [-0.4, -0.2) is 16.9 Å². The number of nitrogens with two attached hydrogens (primary N) is 1. The summed E-state index contributed by atoms with van der Waals surface area (Å²) in [6.07, 6.45) is 4.23. The minimum absolute atomic E-state index is 0.109. The minimum Gasteiger partial charge on any atom is -0.493 e. The summed E-state index contributed by atoms with van der Waals surface area (Å²) >= 11 is 0. The zero-order chi connectivity index (χ0) is 11.4. The summed E-state index contributed by atoms with van der Waals surface area (Å²) < 4.78 is 7.14. The summed E-state index contributed by atoms with van der Waals surface area (Å²) in [4.78, 5) is 0. The molecule has 0 aliphatic carbocycles. The fraction of sp³-hybridized carbons (Fsp3) is 0.545. The molecule has 1 atom stereocenters. The first-order valence-corrected chi connectivity index (χ1v) is 5.09. The van der Waals surface area contributed by atoms with Crippen molar-refractivity contribution in [3.05, 3.63) is 24.5 Å². The van der Waals surface area contributed by atoms with Crippen LogP contribution in [0.15, 0.2) is 18.9 Å². The Morgan fingerprint density at radius 2 is 2.33 bits per heavy atom. The van der Waals surface area contributed by atoms with Crippen molar-refractivity contribution in [3.8, 4) is 5.75 Å². The maximum absolute atomic E-state index is 6.05. The highest BCUT2D eigenvalue weighted by Gasteiger charge is 2.18. The number of nitrogens with zero attached hydrogens (tertiary/aromatic N) is 2. The lowest BCUT2D eigenvalue weighted by atomic mass is 10.1. The maximum atomic E-state index is 6.05. The lowest BCUT2D eigenvalue weighted by molar-refractivity contribution is 0.397. The summed E-state index contributed by atoms with van der Waals surface area (Å²) in [6, 6.07) is 0.169. The number of ether oxygens (including phenoxy) is 1. The van der Waals surface area contributed by atoms with Crippen LogP contribution >= 0.6 is 0 Å². The van der Waals surface area contributed by atoms with Crippen molar-refractivity contribution in [2.45, 2.75) is 32.4 Å². The predicted molar refractivity (Wildman–Crippen MR) is 60.9 cm³/mol. The second-order valence-corrected chi connectivity index (χ2v) is 3.77. The number of hydrogen-bond acceptors (Lipinski definition) is 3. The van der Waals surface area contributed by atoms with Crippen molar-refractivity contribution in [1.29, 1.82) is 0 Å². The van der Waals surface area contributed by atoms with Gasteiger partial charge < -0.3 is 10.5 Å². The zero-order valence-corrected chi connectivity index (χ0v) is 9.60. The maximum Gasteiger partial charge on any atom is 0.161 e. The molecule has 4 heteroatoms. The Morgan fingerprint density at radius 3 is 2.80 bits per heavy atom. The van der Waals surface area contributed by atoms with Crippen LogP contribution < -0.4 is 10.5 Å². The molecule has 0 aromatic carbocycles. The third kappa shape index (κ3) is 2.39. The van der Waals surface area contributed by atoms with Gasteiger partial charge in [0.05, 0.1) is 25.0 Å². The molecule has 0 saturated carbocycles. The molecule has 84 valence electrons. The molecule has 0 bridgehead atoms. The van der Waals surface area contributed by atoms with E-state index in [0.717, 1.165) is 17.9 Å². The molecule has 0 amide bonds. The molecule has 0 radical (unpaired) electrons. The molecule has 0 fully saturated rings. The molecule has 0 saturated heterocycles. The van der Waals surface area contributed by atoms with Crippen LogP contribution in [0.4, 0.5) is 0 Å². The van der Waals surface area contributed by atoms with E-state index >= 15 is 0 Å². The van der Waals surface area contributed by atoms with E-state index in [2.05, 4.69) is 25.5 Å². The highest BCUT2D eigenvalue weighted by molar-refractivity contribution is 5.28. The molecule has 1 rings (SSSR count). The van der Waals surface area contributed by atoms with Crippen LogP contribution in [-0.2, 0) is 0 Å². The van der Waals surface area contributed by atoms with Crippen LogP contribution in [0, 0.1) is 0 Å². The van der Waals surface area contributed by atoms with Crippen molar-refractivity contribution in [2.75, 3.05) is 7.11 Å². The van der Waals surface area contributed by atoms with Gasteiger partial charge in [-0.2, -0.15) is 5.10 Å². The lowest BCUT2D eigenvalue weighted by Gasteiger charge is -2.16. The Kier molecular flexibility index (Phi) is 3.91. The smallest absolute Gasteiger partial charge is 0.161 e. The van der Waals surface area contributed by atoms with Gasteiger partial charge in [0.15, 0.2) is 5.75 Å². The first-order chi connectivity index (χ1) is 7.11. The van der Waals surface area contributed by atoms with E-state index < -0.39 is 0 Å². The van der Waals surface area contributed by atoms with E-state index in [4.69, 9.17) is 10.5 Å². The van der Waals surface area contributed by atoms with Crippen molar-refractivity contribution in [2.24, 2.45) is 5.73 Å². The number of rotatable bonds is 5. The van der Waals surface area contributed by atoms with Gasteiger partial charge >= 0.3 is 0 Å². The van der Waals surface area contributed by atoms with Crippen LogP contribution in [0.1, 0.15) is 38.0 Å². The molecular weight excluding hydrogens is 190 g/mol. The Morgan fingerprint density at radius 1 is 1.67 bits per heavy atom. The fourth-order valence-corrected chi connectivity index (χ4v) is 1.57. The van der Waals surface area contributed by atoms with E-state index in [0.29, 0.717) is 0 Å². The Balaban J connectivity index is 3.09. The molecule has 0 aliphatic rings.